The molecule has 5 aliphatic heterocycles. The van der Waals surface area contributed by atoms with E-state index in [4.69, 9.17) is 0 Å². The van der Waals surface area contributed by atoms with Crippen LogP contribution in [-0.2, 0) is 30.1 Å². The molecule has 0 radical (unpaired) electrons. The molecule has 0 amide bonds. The molecular formula is C53H42B2N2S2. The third kappa shape index (κ3) is 4.15. The Labute approximate surface area is 353 Å². The molecule has 0 aliphatic carbocycles. The highest BCUT2D eigenvalue weighted by Crippen LogP contribution is 2.47. The molecule has 59 heavy (non-hydrogen) atoms. The van der Waals surface area contributed by atoms with Crippen molar-refractivity contribution < 1.29 is 0 Å². The molecule has 6 heteroatoms. The van der Waals surface area contributed by atoms with E-state index in [0.717, 1.165) is 19.3 Å². The van der Waals surface area contributed by atoms with Crippen LogP contribution in [0.25, 0.3) is 52.2 Å². The van der Waals surface area contributed by atoms with Gasteiger partial charge in [-0.1, -0.05) is 150 Å². The summed E-state index contributed by atoms with van der Waals surface area (Å²) in [5.41, 5.74) is 29.2. The van der Waals surface area contributed by atoms with Gasteiger partial charge in [-0.3, -0.25) is 0 Å². The summed E-state index contributed by atoms with van der Waals surface area (Å²) in [6.07, 6.45) is 2.96. The van der Waals surface area contributed by atoms with Crippen LogP contribution in [-0.4, -0.2) is 22.6 Å². The van der Waals surface area contributed by atoms with Crippen LogP contribution in [0.3, 0.4) is 0 Å². The maximum Gasteiger partial charge on any atom is 0.253 e. The Kier molecular flexibility index (Phi) is 6.20. The van der Waals surface area contributed by atoms with Gasteiger partial charge in [0.1, 0.15) is 0 Å². The van der Waals surface area contributed by atoms with Crippen LogP contribution in [0.1, 0.15) is 86.1 Å². The monoisotopic (exact) mass is 792 g/mol. The summed E-state index contributed by atoms with van der Waals surface area (Å²) in [4.78, 5) is 0. The maximum atomic E-state index is 2.80. The van der Waals surface area contributed by atoms with E-state index in [1.807, 2.05) is 0 Å². The van der Waals surface area contributed by atoms with Crippen molar-refractivity contribution in [1.82, 2.24) is 9.13 Å². The molecule has 0 spiro atoms. The van der Waals surface area contributed by atoms with Crippen LogP contribution in [0.15, 0.2) is 109 Å². The molecule has 14 rings (SSSR count). The first-order chi connectivity index (χ1) is 28.5. The summed E-state index contributed by atoms with van der Waals surface area (Å²) in [5.74, 6) is 0. The first kappa shape index (κ1) is 33.5. The Morgan fingerprint density at radius 1 is 0.475 bits per heavy atom. The van der Waals surface area contributed by atoms with Crippen molar-refractivity contribution in [2.24, 2.45) is 0 Å². The fourth-order valence-electron chi connectivity index (χ4n) is 12.0. The summed E-state index contributed by atoms with van der Waals surface area (Å²) < 4.78 is 11.2. The van der Waals surface area contributed by atoms with Crippen LogP contribution in [0.2, 0.25) is 0 Å². The first-order valence-corrected chi connectivity index (χ1v) is 23.1. The van der Waals surface area contributed by atoms with Crippen LogP contribution in [0.5, 0.6) is 0 Å². The number of para-hydroxylation sites is 2. The lowest BCUT2D eigenvalue weighted by atomic mass is 9.30. The second kappa shape index (κ2) is 10.9. The smallest absolute Gasteiger partial charge is 0.253 e. The minimum absolute atomic E-state index is 0.0148. The lowest BCUT2D eigenvalue weighted by molar-refractivity contribution is 0.590. The Morgan fingerprint density at radius 2 is 0.915 bits per heavy atom. The van der Waals surface area contributed by atoms with Gasteiger partial charge in [0.05, 0.1) is 31.5 Å². The van der Waals surface area contributed by atoms with Crippen LogP contribution >= 0.6 is 22.7 Å². The first-order valence-electron chi connectivity index (χ1n) is 21.5. The molecule has 0 atom stereocenters. The van der Waals surface area contributed by atoms with Crippen molar-refractivity contribution in [3.8, 4) is 11.4 Å². The largest absolute Gasteiger partial charge is 0.308 e. The predicted molar refractivity (Wildman–Crippen MR) is 257 cm³/mol. The zero-order chi connectivity index (χ0) is 39.4. The molecule has 282 valence electrons. The molecule has 0 unspecified atom stereocenters. The average molecular weight is 793 g/mol. The standard InChI is InChI=1S/C53H42B2N2S2/c1-52(2,3)34-13-9-15-36(26-34)54(37-16-10-14-35(27-37)53(4,5)6)43-50-48-42-49-51(43)59-39-18-8-12-31-25-33-22-20-29-23-28-19-21-32-24-30-11-7-17-38(58-50)44(30)56(48)46(32)40(28)55(42)41(29)47(33)57(49)45(31)39/h7-22,26-27H,23-25H2,1-6H3. The second-order valence-corrected chi connectivity index (χ2v) is 22.1. The number of rotatable bonds is 3. The van der Waals surface area contributed by atoms with Gasteiger partial charge in [-0.2, -0.15) is 0 Å². The Morgan fingerprint density at radius 3 is 1.39 bits per heavy atom. The van der Waals surface area contributed by atoms with E-state index in [1.54, 1.807) is 10.9 Å². The highest BCUT2D eigenvalue weighted by Gasteiger charge is 2.48. The molecule has 5 aliphatic rings. The van der Waals surface area contributed by atoms with Gasteiger partial charge >= 0.3 is 0 Å². The van der Waals surface area contributed by atoms with E-state index in [9.17, 15) is 0 Å². The summed E-state index contributed by atoms with van der Waals surface area (Å²) in [6.45, 7) is 14.4. The lowest BCUT2D eigenvalue weighted by Crippen LogP contribution is -2.65. The van der Waals surface area contributed by atoms with E-state index >= 15 is 0 Å². The van der Waals surface area contributed by atoms with E-state index in [-0.39, 0.29) is 24.3 Å². The molecule has 2 aromatic heterocycles. The van der Waals surface area contributed by atoms with Gasteiger partial charge < -0.3 is 9.13 Å². The van der Waals surface area contributed by atoms with Gasteiger partial charge in [-0.05, 0) is 95.7 Å². The molecule has 7 heterocycles. The number of hydrogen-bond donors (Lipinski definition) is 0. The van der Waals surface area contributed by atoms with Crippen molar-refractivity contribution in [3.05, 3.63) is 154 Å². The Hall–Kier alpha value is -5.29. The van der Waals surface area contributed by atoms with E-state index in [1.165, 1.54) is 119 Å². The minimum Gasteiger partial charge on any atom is -0.308 e. The topological polar surface area (TPSA) is 9.86 Å². The third-order valence-corrected chi connectivity index (χ3v) is 16.9. The second-order valence-electron chi connectivity index (χ2n) is 20.0. The third-order valence-electron chi connectivity index (χ3n) is 14.6. The molecule has 0 N–H and O–H groups in total. The van der Waals surface area contributed by atoms with Gasteiger partial charge in [0, 0.05) is 33.6 Å². The molecule has 7 aromatic carbocycles. The summed E-state index contributed by atoms with van der Waals surface area (Å²) in [7, 11) is 0. The summed E-state index contributed by atoms with van der Waals surface area (Å²) in [5, 5.41) is 0. The van der Waals surface area contributed by atoms with Crippen LogP contribution < -0.4 is 32.8 Å². The number of nitrogens with zero attached hydrogens (tertiary/aromatic N) is 2. The van der Waals surface area contributed by atoms with E-state index in [2.05, 4.69) is 183 Å². The van der Waals surface area contributed by atoms with Crippen LogP contribution in [0.4, 0.5) is 0 Å². The van der Waals surface area contributed by atoms with Gasteiger partial charge in [0.2, 0.25) is 6.71 Å². The van der Waals surface area contributed by atoms with Crippen LogP contribution in [0, 0.1) is 0 Å². The van der Waals surface area contributed by atoms with Crippen molar-refractivity contribution in [2.75, 3.05) is 0 Å². The highest BCUT2D eigenvalue weighted by atomic mass is 32.1. The molecular weight excluding hydrogens is 750 g/mol. The SMILES string of the molecule is CC(C)(C)c1cccc(B(c2cccc(C(C)(C)C)c2)c2c3sc4cccc5c4n4c3c3c6c2sc2cccc7c2n6-c2c(ccc6c2B3c2c(ccc(c2-4)C5)C6)C7)c1. The summed E-state index contributed by atoms with van der Waals surface area (Å²) in [6, 6.07) is 43.4. The number of aromatic nitrogens is 2. The average Bonchev–Trinajstić information content (AvgIpc) is 3.23. The predicted octanol–water partition coefficient (Wildman–Crippen LogP) is 9.10. The van der Waals surface area contributed by atoms with Gasteiger partial charge in [0.15, 0.2) is 0 Å². The number of benzene rings is 7. The fourth-order valence-corrected chi connectivity index (χ4v) is 14.7. The van der Waals surface area contributed by atoms with E-state index in [0.29, 0.717) is 0 Å². The maximum absolute atomic E-state index is 2.80. The molecule has 0 fully saturated rings. The number of hydrogen-bond acceptors (Lipinski definition) is 2. The van der Waals surface area contributed by atoms with Crippen molar-refractivity contribution in [3.63, 3.8) is 0 Å². The molecule has 0 saturated heterocycles. The van der Waals surface area contributed by atoms with Crippen molar-refractivity contribution in [2.45, 2.75) is 71.6 Å². The van der Waals surface area contributed by atoms with Crippen molar-refractivity contribution in [1.29, 1.82) is 0 Å². The lowest BCUT2D eigenvalue weighted by Gasteiger charge is -2.44. The van der Waals surface area contributed by atoms with Gasteiger partial charge in [-0.25, -0.2) is 0 Å². The quantitative estimate of drug-likeness (QED) is 0.125. The molecule has 2 nitrogen and oxygen atoms in total. The highest BCUT2D eigenvalue weighted by molar-refractivity contribution is 7.31. The minimum atomic E-state index is 0.0148. The zero-order valence-electron chi connectivity index (χ0n) is 34.4. The molecule has 0 bridgehead atoms. The Bertz CT molecular complexity index is 3290. The Balaban J connectivity index is 1.28. The molecule has 0 saturated carbocycles. The normalized spacial score (nSPS) is 14.7. The zero-order valence-corrected chi connectivity index (χ0v) is 36.0. The summed E-state index contributed by atoms with van der Waals surface area (Å²) >= 11 is 4.11. The van der Waals surface area contributed by atoms with Crippen molar-refractivity contribution >= 4 is 110 Å². The van der Waals surface area contributed by atoms with Gasteiger partial charge in [0.25, 0.3) is 6.71 Å². The molecule has 9 aromatic rings. The fraction of sp³-hybridized carbons (Fsp3) is 0.208. The van der Waals surface area contributed by atoms with E-state index < -0.39 is 0 Å². The van der Waals surface area contributed by atoms with Gasteiger partial charge in [-0.15, -0.1) is 22.7 Å².